The second-order valence-electron chi connectivity index (χ2n) is 9.99. The van der Waals surface area contributed by atoms with Gasteiger partial charge < -0.3 is 24.5 Å². The second-order valence-corrected chi connectivity index (χ2v) is 9.99. The van der Waals surface area contributed by atoms with Gasteiger partial charge in [0, 0.05) is 26.2 Å². The Morgan fingerprint density at radius 3 is 2.68 bits per heavy atom. The maximum Gasteiger partial charge on any atom is 0.250 e. The molecule has 2 saturated heterocycles. The minimum atomic E-state index is -1.30. The van der Waals surface area contributed by atoms with Gasteiger partial charge in [-0.2, -0.15) is 0 Å². The first kappa shape index (κ1) is 23.8. The molecule has 1 unspecified atom stereocenters. The van der Waals surface area contributed by atoms with Gasteiger partial charge in [-0.1, -0.05) is 48.6 Å². The van der Waals surface area contributed by atoms with E-state index < -0.39 is 29.6 Å². The monoisotopic (exact) mass is 506 g/mol. The Morgan fingerprint density at radius 2 is 1.86 bits per heavy atom. The first-order valence-electron chi connectivity index (χ1n) is 12.8. The van der Waals surface area contributed by atoms with E-state index in [0.29, 0.717) is 13.1 Å². The molecule has 5 heterocycles. The molecule has 11 heteroatoms. The smallest absolute Gasteiger partial charge is 0.250 e. The third-order valence-electron chi connectivity index (χ3n) is 7.88. The summed E-state index contributed by atoms with van der Waals surface area (Å²) in [6, 6.07) is 6.49. The fourth-order valence-electron chi connectivity index (χ4n) is 6.37. The first-order chi connectivity index (χ1) is 18.0. The van der Waals surface area contributed by atoms with Gasteiger partial charge in [-0.25, -0.2) is 4.68 Å². The van der Waals surface area contributed by atoms with E-state index in [4.69, 9.17) is 4.74 Å². The van der Waals surface area contributed by atoms with E-state index in [1.807, 2.05) is 49.4 Å². The van der Waals surface area contributed by atoms with Crippen LogP contribution < -0.4 is 0 Å². The number of likely N-dealkylation sites (tertiary alicyclic amines) is 1. The van der Waals surface area contributed by atoms with Crippen molar-refractivity contribution < 1.29 is 24.2 Å². The van der Waals surface area contributed by atoms with Gasteiger partial charge in [-0.15, -0.1) is 5.10 Å². The van der Waals surface area contributed by atoms with Crippen molar-refractivity contribution in [2.24, 2.45) is 11.8 Å². The van der Waals surface area contributed by atoms with Crippen LogP contribution in [0, 0.1) is 11.8 Å². The van der Waals surface area contributed by atoms with Crippen LogP contribution in [0.15, 0.2) is 48.6 Å². The highest BCUT2D eigenvalue weighted by molar-refractivity contribution is 5.99. The van der Waals surface area contributed by atoms with Gasteiger partial charge in [0.05, 0.1) is 30.1 Å². The third kappa shape index (κ3) is 3.51. The fourth-order valence-corrected chi connectivity index (χ4v) is 6.37. The SMILES string of the molecule is CCCN1CC=C[C@@H]2O[C@]34C=CCN(Cn5nnc6ccccc65)C(=O)C3N(CCO)C(=O)[C@@H]4[C@@H]2C1=O. The molecule has 0 saturated carbocycles. The predicted molar refractivity (Wildman–Crippen MR) is 132 cm³/mol. The molecule has 11 nitrogen and oxygen atoms in total. The van der Waals surface area contributed by atoms with Crippen molar-refractivity contribution in [1.29, 1.82) is 0 Å². The van der Waals surface area contributed by atoms with Crippen molar-refractivity contribution in [2.75, 3.05) is 32.8 Å². The van der Waals surface area contributed by atoms with E-state index in [1.165, 1.54) is 4.90 Å². The topological polar surface area (TPSA) is 121 Å². The number of benzene rings is 1. The van der Waals surface area contributed by atoms with Crippen molar-refractivity contribution in [3.8, 4) is 0 Å². The molecule has 2 fully saturated rings. The van der Waals surface area contributed by atoms with Gasteiger partial charge in [0.25, 0.3) is 5.91 Å². The molecule has 5 atom stereocenters. The minimum Gasteiger partial charge on any atom is -0.395 e. The van der Waals surface area contributed by atoms with E-state index in [2.05, 4.69) is 10.3 Å². The number of nitrogens with zero attached hydrogens (tertiary/aromatic N) is 6. The van der Waals surface area contributed by atoms with Crippen LogP contribution in [-0.2, 0) is 25.8 Å². The van der Waals surface area contributed by atoms with Crippen molar-refractivity contribution >= 4 is 28.8 Å². The molecule has 0 aliphatic carbocycles. The van der Waals surface area contributed by atoms with Crippen molar-refractivity contribution in [3.05, 3.63) is 48.6 Å². The molecule has 4 aliphatic rings. The Labute approximate surface area is 213 Å². The number of hydrogen-bond acceptors (Lipinski definition) is 7. The minimum absolute atomic E-state index is 0.0229. The number of fused-ring (bicyclic) bond motifs is 3. The number of para-hydroxylation sites is 1. The lowest BCUT2D eigenvalue weighted by atomic mass is 9.77. The second kappa shape index (κ2) is 9.07. The van der Waals surface area contributed by atoms with Crippen LogP contribution in [0.3, 0.4) is 0 Å². The summed E-state index contributed by atoms with van der Waals surface area (Å²) in [6.07, 6.45) is 7.59. The maximum absolute atomic E-state index is 14.1. The van der Waals surface area contributed by atoms with Gasteiger partial charge in [0.15, 0.2) is 0 Å². The van der Waals surface area contributed by atoms with Crippen LogP contribution in [0.2, 0.25) is 0 Å². The zero-order chi connectivity index (χ0) is 25.7. The number of β-amino-alcohol motifs (C(OH)–C–C–N with tert-alkyl or cyclic N) is 1. The van der Waals surface area contributed by atoms with Gasteiger partial charge >= 0.3 is 0 Å². The Hall–Kier alpha value is -3.57. The summed E-state index contributed by atoms with van der Waals surface area (Å²) in [5, 5.41) is 18.2. The van der Waals surface area contributed by atoms with Gasteiger partial charge in [0.1, 0.15) is 23.8 Å². The summed E-state index contributed by atoms with van der Waals surface area (Å²) < 4.78 is 8.21. The van der Waals surface area contributed by atoms with Gasteiger partial charge in [-0.3, -0.25) is 14.4 Å². The average Bonchev–Trinajstić information content (AvgIpc) is 3.44. The van der Waals surface area contributed by atoms with Crippen molar-refractivity contribution in [3.63, 3.8) is 0 Å². The number of carbonyl (C=O) groups excluding carboxylic acids is 3. The molecular formula is C26H30N6O5. The van der Waals surface area contributed by atoms with E-state index in [-0.39, 0.29) is 44.1 Å². The summed E-state index contributed by atoms with van der Waals surface area (Å²) in [6.45, 7) is 3.14. The molecule has 2 aromatic rings. The Balaban J connectivity index is 1.38. The van der Waals surface area contributed by atoms with Crippen LogP contribution in [0.1, 0.15) is 13.3 Å². The van der Waals surface area contributed by atoms with Crippen molar-refractivity contribution in [2.45, 2.75) is 37.8 Å². The number of aliphatic hydroxyl groups is 1. The molecule has 1 aromatic heterocycles. The summed E-state index contributed by atoms with van der Waals surface area (Å²) >= 11 is 0. The Bertz CT molecular complexity index is 1310. The molecule has 6 rings (SSSR count). The summed E-state index contributed by atoms with van der Waals surface area (Å²) in [7, 11) is 0. The van der Waals surface area contributed by atoms with E-state index >= 15 is 0 Å². The quantitative estimate of drug-likeness (QED) is 0.555. The standard InChI is InChI=1S/C26H30N6O5/c1-2-11-29-12-5-9-19-20(23(29)34)21-24(35)31(14-15-33)22-25(36)30(13-6-10-26(21,22)37-19)16-32-18-8-4-3-7-17(18)27-28-32/h3-10,19-22,33H,2,11-16H2,1H3/t19-,20+,21-,22?,26-/m0/s1. The molecule has 37 heavy (non-hydrogen) atoms. The molecule has 0 bridgehead atoms. The number of ether oxygens (including phenoxy) is 1. The third-order valence-corrected chi connectivity index (χ3v) is 7.88. The van der Waals surface area contributed by atoms with Crippen LogP contribution in [0.4, 0.5) is 0 Å². The zero-order valence-corrected chi connectivity index (χ0v) is 20.6. The summed E-state index contributed by atoms with van der Waals surface area (Å²) in [5.41, 5.74) is 0.209. The molecular weight excluding hydrogens is 476 g/mol. The molecule has 1 N–H and O–H groups in total. The van der Waals surface area contributed by atoms with E-state index in [1.54, 1.807) is 20.6 Å². The first-order valence-corrected chi connectivity index (χ1v) is 12.8. The van der Waals surface area contributed by atoms with Crippen LogP contribution in [0.25, 0.3) is 11.0 Å². The summed E-state index contributed by atoms with van der Waals surface area (Å²) in [4.78, 5) is 46.4. The van der Waals surface area contributed by atoms with Gasteiger partial charge in [0.2, 0.25) is 11.8 Å². The number of aliphatic hydroxyl groups excluding tert-OH is 1. The molecule has 1 spiro atoms. The lowest BCUT2D eigenvalue weighted by Gasteiger charge is -2.35. The molecule has 194 valence electrons. The number of carbonyl (C=O) groups is 3. The molecule has 3 amide bonds. The molecule has 1 aromatic carbocycles. The molecule has 4 aliphatic heterocycles. The number of aromatic nitrogens is 3. The Morgan fingerprint density at radius 1 is 1.05 bits per heavy atom. The normalized spacial score (nSPS) is 31.1. The number of hydrogen-bond donors (Lipinski definition) is 1. The van der Waals surface area contributed by atoms with E-state index in [0.717, 1.165) is 17.5 Å². The summed E-state index contributed by atoms with van der Waals surface area (Å²) in [5.74, 6) is -2.36. The highest BCUT2D eigenvalue weighted by Crippen LogP contribution is 2.53. The lowest BCUT2D eigenvalue weighted by Crippen LogP contribution is -2.55. The largest absolute Gasteiger partial charge is 0.395 e. The van der Waals surface area contributed by atoms with Gasteiger partial charge in [-0.05, 0) is 18.6 Å². The maximum atomic E-state index is 14.1. The lowest BCUT2D eigenvalue weighted by molar-refractivity contribution is -0.149. The van der Waals surface area contributed by atoms with Crippen molar-refractivity contribution in [1.82, 2.24) is 29.7 Å². The average molecular weight is 507 g/mol. The fraction of sp³-hybridized carbons (Fsp3) is 0.500. The van der Waals surface area contributed by atoms with E-state index in [9.17, 15) is 19.5 Å². The number of rotatable bonds is 6. The molecule has 0 radical (unpaired) electrons. The zero-order valence-electron chi connectivity index (χ0n) is 20.6. The Kier molecular flexibility index (Phi) is 5.84. The highest BCUT2D eigenvalue weighted by atomic mass is 16.5. The predicted octanol–water partition coefficient (Wildman–Crippen LogP) is 0.169. The number of amides is 3. The van der Waals surface area contributed by atoms with Crippen LogP contribution in [-0.4, -0.2) is 103 Å². The highest BCUT2D eigenvalue weighted by Gasteiger charge is 2.71. The van der Waals surface area contributed by atoms with Crippen LogP contribution >= 0.6 is 0 Å². The van der Waals surface area contributed by atoms with Crippen LogP contribution in [0.5, 0.6) is 0 Å².